The molecule has 8 nitrogen and oxygen atoms in total. The Morgan fingerprint density at radius 1 is 1.11 bits per heavy atom. The van der Waals surface area contributed by atoms with Crippen LogP contribution in [0, 0.1) is 23.2 Å². The van der Waals surface area contributed by atoms with E-state index in [1.165, 1.54) is 26.4 Å². The number of ether oxygens (including phenoxy) is 3. The minimum Gasteiger partial charge on any atom is -0.493 e. The molecule has 5 aliphatic rings. The van der Waals surface area contributed by atoms with Crippen molar-refractivity contribution in [2.75, 3.05) is 13.7 Å². The van der Waals surface area contributed by atoms with E-state index in [4.69, 9.17) is 14.2 Å². The van der Waals surface area contributed by atoms with Gasteiger partial charge in [0.1, 0.15) is 6.54 Å². The molecule has 2 amide bonds. The predicted octanol–water partition coefficient (Wildman–Crippen LogP) is 5.20. The maximum atomic E-state index is 13.4. The maximum Gasteiger partial charge on any atom is 0.326 e. The number of nitrogens with zero attached hydrogens (tertiary/aromatic N) is 1. The van der Waals surface area contributed by atoms with Gasteiger partial charge >= 0.3 is 11.9 Å². The molecule has 4 bridgehead atoms. The molecular formula is C28H33NO7S. The van der Waals surface area contributed by atoms with Crippen molar-refractivity contribution in [3.8, 4) is 11.5 Å². The maximum absolute atomic E-state index is 13.4. The summed E-state index contributed by atoms with van der Waals surface area (Å²) in [5.41, 5.74) is 0.229. The van der Waals surface area contributed by atoms with Crippen molar-refractivity contribution in [2.45, 2.75) is 64.9 Å². The molecular weight excluding hydrogens is 494 g/mol. The lowest BCUT2D eigenvalue weighted by molar-refractivity contribution is -0.161. The first-order valence-electron chi connectivity index (χ1n) is 13.0. The van der Waals surface area contributed by atoms with Crippen molar-refractivity contribution in [2.24, 2.45) is 23.2 Å². The van der Waals surface area contributed by atoms with Crippen molar-refractivity contribution in [3.05, 3.63) is 28.7 Å². The fourth-order valence-corrected chi connectivity index (χ4v) is 7.53. The molecule has 6 rings (SSSR count). The van der Waals surface area contributed by atoms with Crippen LogP contribution in [0.5, 0.6) is 11.5 Å². The predicted molar refractivity (Wildman–Crippen MR) is 138 cm³/mol. The minimum atomic E-state index is -0.621. The zero-order chi connectivity index (χ0) is 26.3. The monoisotopic (exact) mass is 527 g/mol. The van der Waals surface area contributed by atoms with Crippen LogP contribution in [0.15, 0.2) is 23.1 Å². The van der Waals surface area contributed by atoms with Gasteiger partial charge in [0.15, 0.2) is 11.5 Å². The molecule has 5 fully saturated rings. The molecule has 0 unspecified atom stereocenters. The number of esters is 2. The van der Waals surface area contributed by atoms with Crippen LogP contribution in [0.3, 0.4) is 0 Å². The van der Waals surface area contributed by atoms with Crippen LogP contribution in [-0.4, -0.2) is 47.7 Å². The van der Waals surface area contributed by atoms with Gasteiger partial charge in [-0.15, -0.1) is 0 Å². The highest BCUT2D eigenvalue weighted by Gasteiger charge is 2.55. The molecule has 1 aromatic carbocycles. The number of thioether (sulfide) groups is 1. The van der Waals surface area contributed by atoms with E-state index in [2.05, 4.69) is 0 Å². The minimum absolute atomic E-state index is 0.164. The Bertz CT molecular complexity index is 1120. The number of carbonyl (C=O) groups is 4. The summed E-state index contributed by atoms with van der Waals surface area (Å²) in [6, 6.07) is 5.06. The lowest BCUT2D eigenvalue weighted by atomic mass is 9.49. The molecule has 4 aliphatic carbocycles. The van der Waals surface area contributed by atoms with E-state index in [-0.39, 0.29) is 22.4 Å². The number of hydrogen-bond donors (Lipinski definition) is 0. The summed E-state index contributed by atoms with van der Waals surface area (Å²) in [5.74, 6) is 1.30. The van der Waals surface area contributed by atoms with Gasteiger partial charge in [-0.25, -0.2) is 0 Å². The molecule has 4 saturated carbocycles. The zero-order valence-electron chi connectivity index (χ0n) is 21.5. The first-order chi connectivity index (χ1) is 17.7. The van der Waals surface area contributed by atoms with Crippen LogP contribution < -0.4 is 9.47 Å². The Hall–Kier alpha value is -2.81. The molecule has 0 aromatic heterocycles. The van der Waals surface area contributed by atoms with Crippen molar-refractivity contribution < 1.29 is 33.4 Å². The van der Waals surface area contributed by atoms with Gasteiger partial charge < -0.3 is 14.2 Å². The highest BCUT2D eigenvalue weighted by molar-refractivity contribution is 8.18. The van der Waals surface area contributed by atoms with Crippen LogP contribution in [0.2, 0.25) is 0 Å². The average molecular weight is 528 g/mol. The van der Waals surface area contributed by atoms with Crippen LogP contribution in [-0.2, 0) is 19.1 Å². The van der Waals surface area contributed by atoms with Crippen molar-refractivity contribution >= 4 is 40.9 Å². The van der Waals surface area contributed by atoms with Crippen molar-refractivity contribution in [3.63, 3.8) is 0 Å². The topological polar surface area (TPSA) is 99.2 Å². The van der Waals surface area contributed by atoms with Gasteiger partial charge in [0.25, 0.3) is 11.1 Å². The number of carbonyl (C=O) groups excluding carboxylic acids is 4. The largest absolute Gasteiger partial charge is 0.493 e. The number of hydrogen-bond acceptors (Lipinski definition) is 8. The Balaban J connectivity index is 1.28. The van der Waals surface area contributed by atoms with E-state index in [0.717, 1.165) is 35.9 Å². The smallest absolute Gasteiger partial charge is 0.326 e. The molecule has 9 heteroatoms. The Morgan fingerprint density at radius 2 is 1.76 bits per heavy atom. The fraction of sp³-hybridized carbons (Fsp3) is 0.571. The van der Waals surface area contributed by atoms with Gasteiger partial charge in [0.2, 0.25) is 0 Å². The van der Waals surface area contributed by atoms with E-state index >= 15 is 0 Å². The summed E-state index contributed by atoms with van der Waals surface area (Å²) in [6.45, 7) is 3.21. The van der Waals surface area contributed by atoms with Gasteiger partial charge in [-0.05, 0) is 105 Å². The molecule has 1 aromatic rings. The lowest BCUT2D eigenvalue weighted by Crippen LogP contribution is -2.51. The van der Waals surface area contributed by atoms with Gasteiger partial charge in [-0.3, -0.25) is 24.1 Å². The number of amides is 2. The summed E-state index contributed by atoms with van der Waals surface area (Å²) in [7, 11) is 1.50. The number of benzene rings is 1. The van der Waals surface area contributed by atoms with Gasteiger partial charge in [-0.1, -0.05) is 13.0 Å². The Kier molecular flexibility index (Phi) is 7.09. The van der Waals surface area contributed by atoms with Crippen molar-refractivity contribution in [1.29, 1.82) is 0 Å². The van der Waals surface area contributed by atoms with Crippen LogP contribution in [0.4, 0.5) is 4.79 Å². The van der Waals surface area contributed by atoms with E-state index in [1.807, 2.05) is 6.92 Å². The second-order valence-corrected chi connectivity index (χ2v) is 12.0. The van der Waals surface area contributed by atoms with E-state index in [9.17, 15) is 19.2 Å². The highest BCUT2D eigenvalue weighted by Crippen LogP contribution is 2.60. The zero-order valence-corrected chi connectivity index (χ0v) is 22.3. The Morgan fingerprint density at radius 3 is 2.35 bits per heavy atom. The summed E-state index contributed by atoms with van der Waals surface area (Å²) < 4.78 is 16.6. The number of imide groups is 1. The highest BCUT2D eigenvalue weighted by atomic mass is 32.2. The molecule has 37 heavy (non-hydrogen) atoms. The summed E-state index contributed by atoms with van der Waals surface area (Å²) in [4.78, 5) is 51.7. The van der Waals surface area contributed by atoms with Crippen molar-refractivity contribution in [1.82, 2.24) is 4.90 Å². The molecule has 1 heterocycles. The van der Waals surface area contributed by atoms with Crippen LogP contribution in [0.1, 0.15) is 64.4 Å². The molecule has 1 aliphatic heterocycles. The van der Waals surface area contributed by atoms with E-state index in [1.54, 1.807) is 31.2 Å². The van der Waals surface area contributed by atoms with Crippen LogP contribution >= 0.6 is 11.8 Å². The second-order valence-electron chi connectivity index (χ2n) is 11.0. The lowest BCUT2D eigenvalue weighted by Gasteiger charge is -2.55. The molecule has 198 valence electrons. The average Bonchev–Trinajstić information content (AvgIpc) is 3.11. The normalized spacial score (nSPS) is 30.1. The standard InChI is InChI=1S/C28H33NO7S/c1-4-16(2)35-24(30)15-29-25(31)23(37-27(29)33)11-17-5-6-21(22(10-17)34-3)36-26(32)28-12-18-7-19(13-28)9-20(8-18)14-28/h5-6,10-11,16,18-20H,4,7-9,12-15H2,1-3H3/b23-11-/t16-,18?,19?,20?,28?/m1/s1. The third-order valence-electron chi connectivity index (χ3n) is 8.23. The molecule has 1 atom stereocenters. The van der Waals surface area contributed by atoms with Gasteiger partial charge in [-0.2, -0.15) is 0 Å². The Labute approximate surface area is 221 Å². The van der Waals surface area contributed by atoms with Crippen LogP contribution in [0.25, 0.3) is 6.08 Å². The first kappa shape index (κ1) is 25.8. The number of rotatable bonds is 8. The van der Waals surface area contributed by atoms with E-state index < -0.39 is 23.7 Å². The number of methoxy groups -OCH3 is 1. The van der Waals surface area contributed by atoms with Gasteiger partial charge in [0, 0.05) is 0 Å². The van der Waals surface area contributed by atoms with E-state index in [0.29, 0.717) is 41.2 Å². The summed E-state index contributed by atoms with van der Waals surface area (Å²) >= 11 is 0.768. The quantitative estimate of drug-likeness (QED) is 0.259. The molecule has 0 radical (unpaired) electrons. The molecule has 0 spiro atoms. The second kappa shape index (κ2) is 10.2. The van der Waals surface area contributed by atoms with Gasteiger partial charge in [0.05, 0.1) is 23.5 Å². The SMILES string of the molecule is CC[C@@H](C)OC(=O)CN1C(=O)S/C(=C\c2ccc(OC(=O)C34CC5CC(CC(C5)C3)C4)c(OC)c2)C1=O. The summed E-state index contributed by atoms with van der Waals surface area (Å²) in [5, 5.41) is -0.523. The third kappa shape index (κ3) is 5.15. The summed E-state index contributed by atoms with van der Waals surface area (Å²) in [6.07, 6.45) is 8.41. The third-order valence-corrected chi connectivity index (χ3v) is 9.14. The molecule has 0 N–H and O–H groups in total. The molecule has 1 saturated heterocycles. The fourth-order valence-electron chi connectivity index (χ4n) is 6.69. The first-order valence-corrected chi connectivity index (χ1v) is 13.9.